The third-order valence-corrected chi connectivity index (χ3v) is 4.15. The van der Waals surface area contributed by atoms with Gasteiger partial charge in [-0.2, -0.15) is 0 Å². The molecule has 1 heterocycles. The van der Waals surface area contributed by atoms with E-state index in [0.717, 1.165) is 6.08 Å². The maximum Gasteiger partial charge on any atom is 0.328 e. The predicted molar refractivity (Wildman–Crippen MR) is 105 cm³/mol. The zero-order valence-corrected chi connectivity index (χ0v) is 15.9. The van der Waals surface area contributed by atoms with Crippen LogP contribution in [0.3, 0.4) is 0 Å². The lowest BCUT2D eigenvalue weighted by molar-refractivity contribution is -0.152. The molecule has 0 spiro atoms. The van der Waals surface area contributed by atoms with Crippen molar-refractivity contribution in [2.45, 2.75) is 26.4 Å². The van der Waals surface area contributed by atoms with Crippen LogP contribution < -0.4 is 4.90 Å². The van der Waals surface area contributed by atoms with Gasteiger partial charge in [0.25, 0.3) is 5.91 Å². The second-order valence-corrected chi connectivity index (χ2v) is 7.44. The molecule has 3 rings (SSSR count). The number of nitrogens with zero attached hydrogens (tertiary/aromatic N) is 1. The minimum Gasteiger partial charge on any atom is -0.478 e. The topological polar surface area (TPSA) is 83.9 Å². The molecule has 2 aromatic rings. The summed E-state index contributed by atoms with van der Waals surface area (Å²) in [7, 11) is 0. The molecule has 0 unspecified atom stereocenters. The molecule has 0 radical (unpaired) electrons. The SMILES string of the molecule is CC(C)(C)OC(=O)CN1C(=O)c2ccccc2C(=CC(=O)O)c2ccccc21. The van der Waals surface area contributed by atoms with E-state index in [1.54, 1.807) is 69.3 Å². The van der Waals surface area contributed by atoms with Gasteiger partial charge in [-0.3, -0.25) is 14.5 Å². The molecule has 0 aromatic heterocycles. The van der Waals surface area contributed by atoms with E-state index in [2.05, 4.69) is 0 Å². The Labute approximate surface area is 163 Å². The number of hydrogen-bond donors (Lipinski definition) is 1. The molecule has 144 valence electrons. The molecule has 2 aromatic carbocycles. The van der Waals surface area contributed by atoms with Gasteiger partial charge in [-0.1, -0.05) is 36.4 Å². The first kappa shape index (κ1) is 19.4. The molecule has 0 atom stereocenters. The third-order valence-electron chi connectivity index (χ3n) is 4.15. The van der Waals surface area contributed by atoms with Gasteiger partial charge >= 0.3 is 11.9 Å². The van der Waals surface area contributed by atoms with Crippen LogP contribution >= 0.6 is 0 Å². The molecule has 1 amide bonds. The number of carboxylic acids is 1. The summed E-state index contributed by atoms with van der Waals surface area (Å²) in [6.45, 7) is 4.99. The molecule has 28 heavy (non-hydrogen) atoms. The highest BCUT2D eigenvalue weighted by Crippen LogP contribution is 2.37. The molecule has 1 N–H and O–H groups in total. The van der Waals surface area contributed by atoms with Gasteiger partial charge in [0, 0.05) is 17.2 Å². The number of benzene rings is 2. The highest BCUT2D eigenvalue weighted by Gasteiger charge is 2.31. The molecule has 0 aliphatic carbocycles. The van der Waals surface area contributed by atoms with Crippen molar-refractivity contribution in [2.24, 2.45) is 0 Å². The number of hydrogen-bond acceptors (Lipinski definition) is 4. The Morgan fingerprint density at radius 3 is 2.18 bits per heavy atom. The van der Waals surface area contributed by atoms with Gasteiger partial charge in [0.15, 0.2) is 0 Å². The first-order chi connectivity index (χ1) is 13.2. The number of aliphatic carboxylic acids is 1. The van der Waals surface area contributed by atoms with Gasteiger partial charge in [-0.25, -0.2) is 4.79 Å². The molecule has 1 aliphatic rings. The Balaban J connectivity index is 2.18. The van der Waals surface area contributed by atoms with E-state index in [1.165, 1.54) is 4.90 Å². The lowest BCUT2D eigenvalue weighted by Gasteiger charge is -2.25. The Bertz CT molecular complexity index is 984. The number of para-hydroxylation sites is 1. The average Bonchev–Trinajstić information content (AvgIpc) is 2.70. The van der Waals surface area contributed by atoms with Crippen LogP contribution in [-0.4, -0.2) is 35.1 Å². The monoisotopic (exact) mass is 379 g/mol. The summed E-state index contributed by atoms with van der Waals surface area (Å²) in [5.41, 5.74) is 1.59. The predicted octanol–water partition coefficient (Wildman–Crippen LogP) is 3.50. The molecule has 0 bridgehead atoms. The number of anilines is 1. The molecular formula is C22H21NO5. The standard InChI is InChI=1S/C22H21NO5/c1-22(2,3)28-20(26)13-23-18-11-7-6-9-15(18)17(12-19(24)25)14-8-4-5-10-16(14)21(23)27/h4-12H,13H2,1-3H3,(H,24,25). The van der Waals surface area contributed by atoms with Crippen molar-refractivity contribution in [2.75, 3.05) is 11.4 Å². The maximum absolute atomic E-state index is 13.3. The second kappa shape index (κ2) is 7.31. The van der Waals surface area contributed by atoms with E-state index < -0.39 is 17.5 Å². The molecule has 6 heteroatoms. The smallest absolute Gasteiger partial charge is 0.328 e. The Hall–Kier alpha value is -3.41. The van der Waals surface area contributed by atoms with Crippen molar-refractivity contribution in [3.63, 3.8) is 0 Å². The Morgan fingerprint density at radius 2 is 1.57 bits per heavy atom. The number of fused-ring (bicyclic) bond motifs is 2. The van der Waals surface area contributed by atoms with Crippen molar-refractivity contribution < 1.29 is 24.2 Å². The number of carboxylic acid groups (broad SMARTS) is 1. The Kier molecular flexibility index (Phi) is 5.05. The number of amides is 1. The van der Waals surface area contributed by atoms with Gasteiger partial charge in [0.2, 0.25) is 0 Å². The van der Waals surface area contributed by atoms with Crippen LogP contribution in [0.2, 0.25) is 0 Å². The average molecular weight is 379 g/mol. The van der Waals surface area contributed by atoms with Gasteiger partial charge in [-0.15, -0.1) is 0 Å². The van der Waals surface area contributed by atoms with Crippen molar-refractivity contribution in [3.05, 3.63) is 71.3 Å². The van der Waals surface area contributed by atoms with Crippen molar-refractivity contribution in [1.29, 1.82) is 0 Å². The molecule has 1 aliphatic heterocycles. The van der Waals surface area contributed by atoms with E-state index in [9.17, 15) is 19.5 Å². The first-order valence-electron chi connectivity index (χ1n) is 8.84. The summed E-state index contributed by atoms with van der Waals surface area (Å²) in [6.07, 6.45) is 1.09. The molecule has 0 saturated heterocycles. The number of carbonyl (C=O) groups is 3. The normalized spacial score (nSPS) is 14.9. The molecular weight excluding hydrogens is 358 g/mol. The molecule has 6 nitrogen and oxygen atoms in total. The van der Waals surface area contributed by atoms with Crippen molar-refractivity contribution in [3.8, 4) is 0 Å². The van der Waals surface area contributed by atoms with E-state index in [4.69, 9.17) is 4.74 Å². The lowest BCUT2D eigenvalue weighted by Crippen LogP contribution is -2.39. The first-order valence-corrected chi connectivity index (χ1v) is 8.84. The fourth-order valence-electron chi connectivity index (χ4n) is 3.18. The van der Waals surface area contributed by atoms with Crippen molar-refractivity contribution >= 4 is 29.1 Å². The highest BCUT2D eigenvalue weighted by molar-refractivity contribution is 6.16. The number of esters is 1. The molecule has 0 fully saturated rings. The zero-order chi connectivity index (χ0) is 20.5. The van der Waals surface area contributed by atoms with Gasteiger partial charge in [0.1, 0.15) is 12.1 Å². The summed E-state index contributed by atoms with van der Waals surface area (Å²) in [6, 6.07) is 13.7. The molecule has 0 saturated carbocycles. The minimum atomic E-state index is -1.12. The summed E-state index contributed by atoms with van der Waals surface area (Å²) in [5, 5.41) is 9.36. The van der Waals surface area contributed by atoms with Crippen LogP contribution in [0.25, 0.3) is 5.57 Å². The lowest BCUT2D eigenvalue weighted by atomic mass is 9.94. The van der Waals surface area contributed by atoms with Crippen LogP contribution in [0, 0.1) is 0 Å². The fraction of sp³-hybridized carbons (Fsp3) is 0.227. The van der Waals surface area contributed by atoms with Crippen LogP contribution in [-0.2, 0) is 14.3 Å². The highest BCUT2D eigenvalue weighted by atomic mass is 16.6. The quantitative estimate of drug-likeness (QED) is 0.652. The minimum absolute atomic E-state index is 0.276. The second-order valence-electron chi connectivity index (χ2n) is 7.44. The number of carbonyl (C=O) groups excluding carboxylic acids is 2. The van der Waals surface area contributed by atoms with E-state index in [1.807, 2.05) is 0 Å². The van der Waals surface area contributed by atoms with Crippen LogP contribution in [0.5, 0.6) is 0 Å². The van der Waals surface area contributed by atoms with E-state index in [0.29, 0.717) is 28.0 Å². The third kappa shape index (κ3) is 3.96. The maximum atomic E-state index is 13.3. The Morgan fingerprint density at radius 1 is 1.00 bits per heavy atom. The van der Waals surface area contributed by atoms with Gasteiger partial charge in [0.05, 0.1) is 5.69 Å². The van der Waals surface area contributed by atoms with E-state index in [-0.39, 0.29) is 12.5 Å². The van der Waals surface area contributed by atoms with Crippen molar-refractivity contribution in [1.82, 2.24) is 0 Å². The zero-order valence-electron chi connectivity index (χ0n) is 15.9. The summed E-state index contributed by atoms with van der Waals surface area (Å²) in [5.74, 6) is -2.05. The summed E-state index contributed by atoms with van der Waals surface area (Å²) < 4.78 is 5.38. The number of rotatable bonds is 3. The van der Waals surface area contributed by atoms with E-state index >= 15 is 0 Å². The number of ether oxygens (including phenoxy) is 1. The fourth-order valence-corrected chi connectivity index (χ4v) is 3.18. The van der Waals surface area contributed by atoms with Gasteiger partial charge < -0.3 is 9.84 Å². The van der Waals surface area contributed by atoms with Crippen LogP contribution in [0.15, 0.2) is 54.6 Å². The summed E-state index contributed by atoms with van der Waals surface area (Å²) >= 11 is 0. The largest absolute Gasteiger partial charge is 0.478 e. The summed E-state index contributed by atoms with van der Waals surface area (Å²) in [4.78, 5) is 38.5. The van der Waals surface area contributed by atoms with Gasteiger partial charge in [-0.05, 0) is 44.0 Å². The van der Waals surface area contributed by atoms with Crippen LogP contribution in [0.4, 0.5) is 5.69 Å². The van der Waals surface area contributed by atoms with Crippen LogP contribution in [0.1, 0.15) is 42.3 Å².